The van der Waals surface area contributed by atoms with Gasteiger partial charge in [0.25, 0.3) is 0 Å². The van der Waals surface area contributed by atoms with E-state index in [0.29, 0.717) is 23.5 Å². The number of rotatable bonds is 26. The molecular weight excluding hydrogens is 1100 g/mol. The van der Waals surface area contributed by atoms with Crippen molar-refractivity contribution in [2.45, 2.75) is 157 Å². The molecule has 464 valence electrons. The number of carbonyl (C=O) groups is 9. The van der Waals surface area contributed by atoms with Crippen molar-refractivity contribution in [3.8, 4) is 0 Å². The fraction of sp³-hybridized carbons (Fsp3) is 0.462. The highest BCUT2D eigenvalue weighted by Gasteiger charge is 2.42. The van der Waals surface area contributed by atoms with Crippen LogP contribution < -0.4 is 47.9 Å². The third-order valence-electron chi connectivity index (χ3n) is 15.5. The third kappa shape index (κ3) is 19.2. The summed E-state index contributed by atoms with van der Waals surface area (Å²) in [7, 11) is 3.26. The lowest BCUT2D eigenvalue weighted by atomic mass is 9.76. The van der Waals surface area contributed by atoms with Gasteiger partial charge in [0.1, 0.15) is 24.7 Å². The zero-order chi connectivity index (χ0) is 63.6. The second kappa shape index (κ2) is 31.0. The van der Waals surface area contributed by atoms with Gasteiger partial charge >= 0.3 is 18.1 Å². The molecule has 5 rings (SSSR count). The number of likely N-dealkylation sites (N-methyl/N-ethyl adjacent to an activating group) is 2. The minimum absolute atomic E-state index is 0.0956. The number of nitrogens with two attached hydrogens (primary N) is 1. The number of primary amides is 1. The molecule has 0 bridgehead atoms. The number of hydrogen-bond donors (Lipinski definition) is 9. The van der Waals surface area contributed by atoms with Gasteiger partial charge < -0.3 is 57.3 Å². The van der Waals surface area contributed by atoms with Crippen LogP contribution in [0.4, 0.5) is 26.7 Å². The van der Waals surface area contributed by atoms with Crippen molar-refractivity contribution in [2.24, 2.45) is 23.0 Å². The number of urea groups is 1. The van der Waals surface area contributed by atoms with E-state index in [1.165, 1.54) is 11.8 Å². The Morgan fingerprint density at radius 3 is 1.90 bits per heavy atom. The molecule has 0 aliphatic carbocycles. The Bertz CT molecular complexity index is 3080. The lowest BCUT2D eigenvalue weighted by Gasteiger charge is -2.40. The van der Waals surface area contributed by atoms with Crippen LogP contribution in [-0.4, -0.2) is 114 Å². The second-order valence-corrected chi connectivity index (χ2v) is 24.2. The Labute approximate surface area is 505 Å². The Morgan fingerprint density at radius 1 is 0.709 bits per heavy atom. The lowest BCUT2D eigenvalue weighted by Crippen LogP contribution is -2.61. The first kappa shape index (κ1) is 68.2. The molecule has 21 heteroatoms. The number of carbonyl (C=O) groups excluding carboxylic acids is 8. The Morgan fingerprint density at radius 2 is 1.30 bits per heavy atom. The lowest BCUT2D eigenvalue weighted by molar-refractivity contribution is -0.141. The second-order valence-electron chi connectivity index (χ2n) is 24.2. The van der Waals surface area contributed by atoms with E-state index in [0.717, 1.165) is 40.8 Å². The molecule has 0 aromatic heterocycles. The molecule has 0 spiro atoms. The summed E-state index contributed by atoms with van der Waals surface area (Å²) in [6, 6.07) is 24.0. The van der Waals surface area contributed by atoms with Crippen molar-refractivity contribution in [3.05, 3.63) is 137 Å². The highest BCUT2D eigenvalue weighted by Crippen LogP contribution is 2.32. The molecule has 0 saturated carbocycles. The molecule has 0 radical (unpaired) electrons. The quantitative estimate of drug-likeness (QED) is 0.0219. The summed E-state index contributed by atoms with van der Waals surface area (Å²) in [5.74, 6) is -4.31. The highest BCUT2D eigenvalue weighted by atomic mass is 16.5. The molecule has 4 aromatic carbocycles. The van der Waals surface area contributed by atoms with Gasteiger partial charge in [-0.2, -0.15) is 0 Å². The smallest absolute Gasteiger partial charge is 0.411 e. The van der Waals surface area contributed by atoms with E-state index in [1.54, 1.807) is 87.4 Å². The van der Waals surface area contributed by atoms with Crippen LogP contribution in [0.1, 0.15) is 123 Å². The number of nitrogens with one attached hydrogen (secondary N) is 7. The molecule has 0 saturated heterocycles. The van der Waals surface area contributed by atoms with Gasteiger partial charge in [0.2, 0.25) is 35.4 Å². The number of anilines is 3. The van der Waals surface area contributed by atoms with Crippen LogP contribution in [-0.2, 0) is 69.7 Å². The van der Waals surface area contributed by atoms with Gasteiger partial charge in [-0.05, 0) is 115 Å². The number of aryl methyl sites for hydroxylation is 2. The highest BCUT2D eigenvalue weighted by molar-refractivity contribution is 6.00. The number of fused-ring (bicyclic) bond motifs is 2. The van der Waals surface area contributed by atoms with Crippen molar-refractivity contribution in [1.82, 2.24) is 31.5 Å². The van der Waals surface area contributed by atoms with Crippen LogP contribution in [0.5, 0.6) is 0 Å². The largest absolute Gasteiger partial charge is 0.478 e. The number of benzene rings is 4. The summed E-state index contributed by atoms with van der Waals surface area (Å²) in [4.78, 5) is 123. The monoisotopic (exact) mass is 1180 g/mol. The van der Waals surface area contributed by atoms with Crippen molar-refractivity contribution in [3.63, 3.8) is 0 Å². The zero-order valence-electron chi connectivity index (χ0n) is 51.7. The zero-order valence-corrected chi connectivity index (χ0v) is 51.7. The summed E-state index contributed by atoms with van der Waals surface area (Å²) in [6.45, 7) is 18.4. The van der Waals surface area contributed by atoms with Gasteiger partial charge in [-0.25, -0.2) is 14.4 Å². The summed E-state index contributed by atoms with van der Waals surface area (Å²) in [5, 5.41) is 29.2. The van der Waals surface area contributed by atoms with Crippen LogP contribution in [0.25, 0.3) is 0 Å². The number of ether oxygens (including phenoxy) is 1. The van der Waals surface area contributed by atoms with E-state index in [9.17, 15) is 48.3 Å². The fourth-order valence-corrected chi connectivity index (χ4v) is 10.4. The number of aliphatic carboxylic acids is 1. The van der Waals surface area contributed by atoms with Crippen LogP contribution in [0.15, 0.2) is 109 Å². The molecule has 1 aliphatic rings. The Hall–Kier alpha value is -8.59. The Balaban J connectivity index is 1.16. The molecule has 5 atom stereocenters. The van der Waals surface area contributed by atoms with Crippen molar-refractivity contribution < 1.29 is 53.0 Å². The van der Waals surface area contributed by atoms with Crippen LogP contribution in [0.3, 0.4) is 0 Å². The molecular formula is C65H88N10O11. The summed E-state index contributed by atoms with van der Waals surface area (Å²) < 4.78 is 5.51. The first-order chi connectivity index (χ1) is 40.5. The van der Waals surface area contributed by atoms with Crippen molar-refractivity contribution in [2.75, 3.05) is 36.2 Å². The summed E-state index contributed by atoms with van der Waals surface area (Å²) in [6.07, 6.45) is 2.49. The average molecular weight is 1190 g/mol. The standard InChI is InChI=1S/C65H88N10O11/c1-39(2)51(36-41(5)61(82)83)74(12)60(81)56(64(6,7)8)73-59(80)55(67-11)65(9,10)46-27-31-48(32-28-46)70-63(85)86-38-42-23-29-47(30-24-42)69-57(78)49(21-17-35-68-62(66)84)71-58(79)54(40(3)4)72-52(76)33-34-53(77)75-37-45-20-14-13-18-43(45)25-26-44-19-15-16-22-50(44)75/h13-16,18-20,22-24,27-32,36,39-40,49,51,54-56,67H,17,21,25-26,33-35,37-38H2,1-12H3,(H,69,78)(H,70,85)(H,71,79)(H,72,76)(H,73,80)(H,82,83)(H3,66,68,84)/b41-36+/t49-,51+,54-,55+,56+/m0/s1. The van der Waals surface area contributed by atoms with E-state index in [2.05, 4.69) is 43.3 Å². The number of carboxylic acid groups (broad SMARTS) is 1. The van der Waals surface area contributed by atoms with Gasteiger partial charge in [-0.3, -0.25) is 34.1 Å². The maximum Gasteiger partial charge on any atom is 0.411 e. The predicted molar refractivity (Wildman–Crippen MR) is 332 cm³/mol. The van der Waals surface area contributed by atoms with Crippen LogP contribution in [0.2, 0.25) is 0 Å². The normalized spacial score (nSPS) is 14.3. The number of carboxylic acids is 1. The molecule has 9 amide bonds. The third-order valence-corrected chi connectivity index (χ3v) is 15.5. The maximum absolute atomic E-state index is 14.1. The van der Waals surface area contributed by atoms with Gasteiger partial charge in [0.05, 0.1) is 18.6 Å². The topological polar surface area (TPSA) is 300 Å². The van der Waals surface area contributed by atoms with Crippen molar-refractivity contribution in [1.29, 1.82) is 0 Å². The van der Waals surface area contributed by atoms with E-state index in [4.69, 9.17) is 10.5 Å². The first-order valence-corrected chi connectivity index (χ1v) is 29.2. The molecule has 0 unspecified atom stereocenters. The van der Waals surface area contributed by atoms with E-state index >= 15 is 0 Å². The maximum atomic E-state index is 14.1. The number of amides is 9. The van der Waals surface area contributed by atoms with Crippen molar-refractivity contribution >= 4 is 70.6 Å². The molecule has 86 heavy (non-hydrogen) atoms. The number of hydrogen-bond acceptors (Lipinski definition) is 11. The van der Waals surface area contributed by atoms with Gasteiger partial charge in [-0.1, -0.05) is 135 Å². The van der Waals surface area contributed by atoms with Gasteiger partial charge in [-0.15, -0.1) is 0 Å². The molecule has 21 nitrogen and oxygen atoms in total. The minimum Gasteiger partial charge on any atom is -0.478 e. The predicted octanol–water partition coefficient (Wildman–Crippen LogP) is 7.47. The SMILES string of the molecule is CN[C@H](C(=O)N[C@H](C(=O)N(C)[C@H](/C=C(\C)C(=O)O)C(C)C)C(C)(C)C)C(C)(C)c1ccc(NC(=O)OCc2ccc(NC(=O)[C@H](CCCNC(N)=O)NC(=O)[C@@H](NC(=O)CCC(=O)N3Cc4ccccc4CCc4ccccc43)C(C)C)cc2)cc1. The minimum atomic E-state index is -1.11. The summed E-state index contributed by atoms with van der Waals surface area (Å²) in [5.41, 5.74) is 9.99. The average Bonchev–Trinajstić information content (AvgIpc) is 1.31. The molecule has 10 N–H and O–H groups in total. The molecule has 4 aromatic rings. The van der Waals surface area contributed by atoms with Crippen LogP contribution in [0, 0.1) is 17.3 Å². The number of nitrogens with zero attached hydrogens (tertiary/aromatic N) is 2. The number of para-hydroxylation sites is 1. The molecule has 0 fully saturated rings. The van der Waals surface area contributed by atoms with Crippen LogP contribution >= 0.6 is 0 Å². The van der Waals surface area contributed by atoms with E-state index in [1.807, 2.05) is 90.9 Å². The summed E-state index contributed by atoms with van der Waals surface area (Å²) >= 11 is 0. The van der Waals surface area contributed by atoms with Gasteiger partial charge in [0, 0.05) is 54.5 Å². The van der Waals surface area contributed by atoms with E-state index < -0.39 is 88.7 Å². The Kier molecular flexibility index (Phi) is 24.6. The van der Waals surface area contributed by atoms with E-state index in [-0.39, 0.29) is 62.1 Å². The molecule has 1 heterocycles. The molecule has 1 aliphatic heterocycles. The van der Waals surface area contributed by atoms with Gasteiger partial charge in [0.15, 0.2) is 0 Å². The fourth-order valence-electron chi connectivity index (χ4n) is 10.4. The first-order valence-electron chi connectivity index (χ1n) is 29.2.